The van der Waals surface area contributed by atoms with E-state index in [-0.39, 0.29) is 5.78 Å². The number of hydrogen-bond acceptors (Lipinski definition) is 3. The van der Waals surface area contributed by atoms with Gasteiger partial charge in [0.2, 0.25) is 0 Å². The van der Waals surface area contributed by atoms with Crippen molar-refractivity contribution in [1.29, 1.82) is 5.26 Å². The van der Waals surface area contributed by atoms with Crippen LogP contribution in [0, 0.1) is 18.3 Å². The van der Waals surface area contributed by atoms with Crippen LogP contribution in [0.1, 0.15) is 34.0 Å². The van der Waals surface area contributed by atoms with Crippen LogP contribution in [-0.4, -0.2) is 5.78 Å². The smallest absolute Gasteiger partial charge is 0.163 e. The number of rotatable bonds is 4. The SMILES string of the molecule is CC(=O)c1cc(C)ccc1OCc1cccc(C#N)c1. The van der Waals surface area contributed by atoms with E-state index in [0.29, 0.717) is 23.5 Å². The van der Waals surface area contributed by atoms with E-state index in [9.17, 15) is 4.79 Å². The summed E-state index contributed by atoms with van der Waals surface area (Å²) in [6.07, 6.45) is 0. The molecule has 3 heteroatoms. The minimum Gasteiger partial charge on any atom is -0.488 e. The molecule has 100 valence electrons. The van der Waals surface area contributed by atoms with Crippen molar-refractivity contribution in [2.75, 3.05) is 0 Å². The van der Waals surface area contributed by atoms with Gasteiger partial charge in [-0.2, -0.15) is 5.26 Å². The summed E-state index contributed by atoms with van der Waals surface area (Å²) in [4.78, 5) is 11.6. The summed E-state index contributed by atoms with van der Waals surface area (Å²) in [6, 6.07) is 14.9. The van der Waals surface area contributed by atoms with Gasteiger partial charge < -0.3 is 4.74 Å². The molecule has 0 aliphatic rings. The summed E-state index contributed by atoms with van der Waals surface area (Å²) >= 11 is 0. The molecule has 0 radical (unpaired) electrons. The molecular formula is C17H15NO2. The van der Waals surface area contributed by atoms with E-state index in [1.807, 2.05) is 31.2 Å². The highest BCUT2D eigenvalue weighted by molar-refractivity contribution is 5.97. The molecule has 0 saturated heterocycles. The minimum atomic E-state index is -0.0190. The number of nitrogens with zero attached hydrogens (tertiary/aromatic N) is 1. The molecule has 0 fully saturated rings. The lowest BCUT2D eigenvalue weighted by Crippen LogP contribution is -2.02. The van der Waals surface area contributed by atoms with Gasteiger partial charge >= 0.3 is 0 Å². The second kappa shape index (κ2) is 6.03. The third-order valence-corrected chi connectivity index (χ3v) is 2.96. The second-order valence-electron chi connectivity index (χ2n) is 4.66. The Labute approximate surface area is 118 Å². The lowest BCUT2D eigenvalue weighted by atomic mass is 10.1. The number of Topliss-reactive ketones (excluding diaryl/α,β-unsaturated/α-hetero) is 1. The number of carbonyl (C=O) groups is 1. The molecule has 0 aromatic heterocycles. The van der Waals surface area contributed by atoms with Gasteiger partial charge in [-0.1, -0.05) is 23.8 Å². The molecule has 0 N–H and O–H groups in total. The van der Waals surface area contributed by atoms with Gasteiger partial charge in [0.25, 0.3) is 0 Å². The number of hydrogen-bond donors (Lipinski definition) is 0. The zero-order valence-corrected chi connectivity index (χ0v) is 11.5. The fraction of sp³-hybridized carbons (Fsp3) is 0.176. The van der Waals surface area contributed by atoms with Crippen LogP contribution in [0.15, 0.2) is 42.5 Å². The van der Waals surface area contributed by atoms with E-state index < -0.39 is 0 Å². The highest BCUT2D eigenvalue weighted by atomic mass is 16.5. The van der Waals surface area contributed by atoms with Crippen molar-refractivity contribution in [1.82, 2.24) is 0 Å². The Balaban J connectivity index is 2.19. The molecule has 0 saturated carbocycles. The average molecular weight is 265 g/mol. The maximum absolute atomic E-state index is 11.6. The fourth-order valence-electron chi connectivity index (χ4n) is 1.94. The fourth-order valence-corrected chi connectivity index (χ4v) is 1.94. The summed E-state index contributed by atoms with van der Waals surface area (Å²) in [6.45, 7) is 3.80. The summed E-state index contributed by atoms with van der Waals surface area (Å²) in [5.41, 5.74) is 3.11. The Kier molecular flexibility index (Phi) is 4.17. The van der Waals surface area contributed by atoms with Gasteiger partial charge in [-0.15, -0.1) is 0 Å². The lowest BCUT2D eigenvalue weighted by Gasteiger charge is -2.10. The van der Waals surface area contributed by atoms with Crippen LogP contribution in [0.4, 0.5) is 0 Å². The first kappa shape index (κ1) is 13.8. The van der Waals surface area contributed by atoms with Gasteiger partial charge in [-0.25, -0.2) is 0 Å². The summed E-state index contributed by atoms with van der Waals surface area (Å²) in [5.74, 6) is 0.555. The zero-order chi connectivity index (χ0) is 14.5. The molecule has 0 bridgehead atoms. The number of ether oxygens (including phenoxy) is 1. The first-order valence-corrected chi connectivity index (χ1v) is 6.33. The molecular weight excluding hydrogens is 250 g/mol. The number of ketones is 1. The van der Waals surface area contributed by atoms with Gasteiger partial charge in [0.05, 0.1) is 17.2 Å². The minimum absolute atomic E-state index is 0.0190. The molecule has 0 aliphatic heterocycles. The standard InChI is InChI=1S/C17H15NO2/c1-12-6-7-17(16(8-12)13(2)19)20-11-15-5-3-4-14(9-15)10-18/h3-9H,11H2,1-2H3. The normalized spacial score (nSPS) is 9.85. The number of benzene rings is 2. The lowest BCUT2D eigenvalue weighted by molar-refractivity contribution is 0.101. The molecule has 0 heterocycles. The molecule has 3 nitrogen and oxygen atoms in total. The molecule has 2 rings (SSSR count). The van der Waals surface area contributed by atoms with E-state index in [4.69, 9.17) is 10.00 Å². The van der Waals surface area contributed by atoms with Gasteiger partial charge in [0, 0.05) is 0 Å². The van der Waals surface area contributed by atoms with Crippen LogP contribution in [0.25, 0.3) is 0 Å². The van der Waals surface area contributed by atoms with Gasteiger partial charge in [-0.3, -0.25) is 4.79 Å². The molecule has 0 aliphatic carbocycles. The molecule has 0 amide bonds. The van der Waals surface area contributed by atoms with E-state index in [1.165, 1.54) is 6.92 Å². The van der Waals surface area contributed by atoms with Crippen molar-refractivity contribution < 1.29 is 9.53 Å². The van der Waals surface area contributed by atoms with Crippen molar-refractivity contribution >= 4 is 5.78 Å². The number of aryl methyl sites for hydroxylation is 1. The molecule has 0 atom stereocenters. The van der Waals surface area contributed by atoms with Crippen molar-refractivity contribution in [3.63, 3.8) is 0 Å². The Hall–Kier alpha value is -2.60. The second-order valence-corrected chi connectivity index (χ2v) is 4.66. The summed E-state index contributed by atoms with van der Waals surface area (Å²) in [7, 11) is 0. The summed E-state index contributed by atoms with van der Waals surface area (Å²) < 4.78 is 5.71. The third-order valence-electron chi connectivity index (χ3n) is 2.96. The quantitative estimate of drug-likeness (QED) is 0.793. The van der Waals surface area contributed by atoms with Crippen molar-refractivity contribution in [3.8, 4) is 11.8 Å². The van der Waals surface area contributed by atoms with Crippen LogP contribution < -0.4 is 4.74 Å². The molecule has 2 aromatic rings. The van der Waals surface area contributed by atoms with E-state index in [2.05, 4.69) is 6.07 Å². The molecule has 0 spiro atoms. The predicted octanol–water partition coefficient (Wildman–Crippen LogP) is 3.65. The molecule has 0 unspecified atom stereocenters. The Morgan fingerprint density at radius 1 is 1.25 bits per heavy atom. The monoisotopic (exact) mass is 265 g/mol. The number of carbonyl (C=O) groups excluding carboxylic acids is 1. The van der Waals surface area contributed by atoms with Gasteiger partial charge in [0.1, 0.15) is 12.4 Å². The average Bonchev–Trinajstić information content (AvgIpc) is 2.46. The van der Waals surface area contributed by atoms with E-state index in [1.54, 1.807) is 18.2 Å². The highest BCUT2D eigenvalue weighted by Gasteiger charge is 2.09. The van der Waals surface area contributed by atoms with E-state index in [0.717, 1.165) is 11.1 Å². The third kappa shape index (κ3) is 3.24. The Morgan fingerprint density at radius 3 is 2.75 bits per heavy atom. The maximum Gasteiger partial charge on any atom is 0.163 e. The van der Waals surface area contributed by atoms with Crippen LogP contribution in [0.2, 0.25) is 0 Å². The van der Waals surface area contributed by atoms with Crippen molar-refractivity contribution in [2.24, 2.45) is 0 Å². The van der Waals surface area contributed by atoms with Crippen molar-refractivity contribution in [3.05, 3.63) is 64.7 Å². The Bertz CT molecular complexity index is 684. The van der Waals surface area contributed by atoms with Gasteiger partial charge in [0.15, 0.2) is 5.78 Å². The molecule has 2 aromatic carbocycles. The zero-order valence-electron chi connectivity index (χ0n) is 11.5. The van der Waals surface area contributed by atoms with Gasteiger partial charge in [-0.05, 0) is 43.7 Å². The maximum atomic E-state index is 11.6. The topological polar surface area (TPSA) is 50.1 Å². The van der Waals surface area contributed by atoms with Crippen molar-refractivity contribution in [2.45, 2.75) is 20.5 Å². The Morgan fingerprint density at radius 2 is 2.05 bits per heavy atom. The highest BCUT2D eigenvalue weighted by Crippen LogP contribution is 2.22. The first-order chi connectivity index (χ1) is 9.60. The van der Waals surface area contributed by atoms with Crippen LogP contribution >= 0.6 is 0 Å². The van der Waals surface area contributed by atoms with E-state index >= 15 is 0 Å². The molecule has 20 heavy (non-hydrogen) atoms. The van der Waals surface area contributed by atoms with Crippen LogP contribution in [0.3, 0.4) is 0 Å². The number of nitriles is 1. The largest absolute Gasteiger partial charge is 0.488 e. The van der Waals surface area contributed by atoms with Crippen LogP contribution in [0.5, 0.6) is 5.75 Å². The predicted molar refractivity (Wildman–Crippen MR) is 76.7 cm³/mol. The van der Waals surface area contributed by atoms with Crippen LogP contribution in [-0.2, 0) is 6.61 Å². The first-order valence-electron chi connectivity index (χ1n) is 6.33. The summed E-state index contributed by atoms with van der Waals surface area (Å²) in [5, 5.41) is 8.86.